The van der Waals surface area contributed by atoms with E-state index >= 15 is 0 Å². The van der Waals surface area contributed by atoms with E-state index in [0.29, 0.717) is 11.7 Å². The molecule has 0 fully saturated rings. The Morgan fingerprint density at radius 3 is 3.05 bits per heavy atom. The zero-order chi connectivity index (χ0) is 13.9. The summed E-state index contributed by atoms with van der Waals surface area (Å²) in [7, 11) is 0. The fourth-order valence-corrected chi connectivity index (χ4v) is 2.15. The van der Waals surface area contributed by atoms with Crippen LogP contribution in [-0.4, -0.2) is 15.1 Å². The Balaban J connectivity index is 1.94. The van der Waals surface area contributed by atoms with Crippen molar-refractivity contribution in [2.24, 2.45) is 5.73 Å². The second kappa shape index (κ2) is 5.38. The molecule has 2 heterocycles. The maximum Gasteiger partial charge on any atom is 0.243 e. The van der Waals surface area contributed by atoms with Crippen LogP contribution < -0.4 is 5.73 Å². The summed E-state index contributed by atoms with van der Waals surface area (Å²) in [4.78, 5) is 8.67. The molecule has 2 aromatic heterocycles. The van der Waals surface area contributed by atoms with Crippen molar-refractivity contribution in [1.82, 2.24) is 15.1 Å². The van der Waals surface area contributed by atoms with E-state index in [2.05, 4.69) is 22.0 Å². The molecule has 0 spiro atoms. The lowest BCUT2D eigenvalue weighted by atomic mass is 10.1. The van der Waals surface area contributed by atoms with Gasteiger partial charge in [-0.25, -0.2) is 0 Å². The number of benzene rings is 1. The highest BCUT2D eigenvalue weighted by molar-refractivity contribution is 5.82. The Bertz CT molecular complexity index is 722. The van der Waals surface area contributed by atoms with Crippen molar-refractivity contribution in [3.05, 3.63) is 42.4 Å². The van der Waals surface area contributed by atoms with Crippen LogP contribution in [0.2, 0.25) is 0 Å². The maximum absolute atomic E-state index is 5.98. The molecule has 0 saturated heterocycles. The minimum atomic E-state index is -0.191. The lowest BCUT2D eigenvalue weighted by Crippen LogP contribution is -2.09. The number of fused-ring (bicyclic) bond motifs is 1. The van der Waals surface area contributed by atoms with Crippen molar-refractivity contribution in [2.75, 3.05) is 0 Å². The summed E-state index contributed by atoms with van der Waals surface area (Å²) in [6.45, 7) is 2.08. The molecular weight excluding hydrogens is 252 g/mol. The van der Waals surface area contributed by atoms with Gasteiger partial charge in [-0.2, -0.15) is 4.98 Å². The summed E-state index contributed by atoms with van der Waals surface area (Å²) in [5.74, 6) is 1.06. The molecule has 0 bridgehead atoms. The van der Waals surface area contributed by atoms with Crippen LogP contribution in [0.4, 0.5) is 0 Å². The Hall–Kier alpha value is -2.27. The third-order valence-corrected chi connectivity index (χ3v) is 3.22. The fraction of sp³-hybridized carbons (Fsp3) is 0.267. The third kappa shape index (κ3) is 2.40. The molecule has 0 radical (unpaired) electrons. The molecule has 3 rings (SSSR count). The van der Waals surface area contributed by atoms with Gasteiger partial charge >= 0.3 is 0 Å². The van der Waals surface area contributed by atoms with Crippen molar-refractivity contribution in [1.29, 1.82) is 0 Å². The zero-order valence-electron chi connectivity index (χ0n) is 11.3. The van der Waals surface area contributed by atoms with E-state index in [9.17, 15) is 0 Å². The van der Waals surface area contributed by atoms with Crippen molar-refractivity contribution < 1.29 is 4.52 Å². The Morgan fingerprint density at radius 2 is 2.20 bits per heavy atom. The van der Waals surface area contributed by atoms with Crippen LogP contribution in [-0.2, 0) is 0 Å². The van der Waals surface area contributed by atoms with Crippen molar-refractivity contribution in [3.8, 4) is 11.4 Å². The SMILES string of the molecule is CCC[C@@H](N)c1nc(-c2ccc3ncccc3c2)no1. The molecule has 0 aliphatic heterocycles. The molecule has 5 heteroatoms. The van der Waals surface area contributed by atoms with E-state index in [1.54, 1.807) is 6.20 Å². The molecule has 102 valence electrons. The van der Waals surface area contributed by atoms with Crippen LogP contribution in [0.25, 0.3) is 22.3 Å². The van der Waals surface area contributed by atoms with Crippen LogP contribution in [0.3, 0.4) is 0 Å². The number of hydrogen-bond donors (Lipinski definition) is 1. The van der Waals surface area contributed by atoms with E-state index in [-0.39, 0.29) is 6.04 Å². The molecule has 0 unspecified atom stereocenters. The third-order valence-electron chi connectivity index (χ3n) is 3.22. The van der Waals surface area contributed by atoms with Gasteiger partial charge in [0, 0.05) is 17.1 Å². The predicted octanol–water partition coefficient (Wildman–Crippen LogP) is 3.08. The minimum Gasteiger partial charge on any atom is -0.337 e. The van der Waals surface area contributed by atoms with Gasteiger partial charge < -0.3 is 10.3 Å². The standard InChI is InChI=1S/C15H16N4O/c1-2-4-12(16)15-18-14(19-20-15)11-6-7-13-10(9-11)5-3-8-17-13/h3,5-9,12H,2,4,16H2,1H3/t12-/m1/s1. The number of nitrogens with two attached hydrogens (primary N) is 1. The molecule has 20 heavy (non-hydrogen) atoms. The highest BCUT2D eigenvalue weighted by atomic mass is 16.5. The monoisotopic (exact) mass is 268 g/mol. The molecule has 0 saturated carbocycles. The summed E-state index contributed by atoms with van der Waals surface area (Å²) >= 11 is 0. The molecule has 1 atom stereocenters. The molecule has 0 aliphatic rings. The van der Waals surface area contributed by atoms with Crippen molar-refractivity contribution in [2.45, 2.75) is 25.8 Å². The van der Waals surface area contributed by atoms with Gasteiger partial charge in [0.25, 0.3) is 0 Å². The van der Waals surface area contributed by atoms with E-state index < -0.39 is 0 Å². The van der Waals surface area contributed by atoms with E-state index in [0.717, 1.165) is 29.3 Å². The number of aromatic nitrogens is 3. The first-order valence-electron chi connectivity index (χ1n) is 6.72. The average molecular weight is 268 g/mol. The largest absolute Gasteiger partial charge is 0.337 e. The molecule has 0 aliphatic carbocycles. The number of hydrogen-bond acceptors (Lipinski definition) is 5. The number of pyridine rings is 1. The fourth-order valence-electron chi connectivity index (χ4n) is 2.15. The van der Waals surface area contributed by atoms with Crippen LogP contribution in [0.5, 0.6) is 0 Å². The molecular formula is C15H16N4O. The maximum atomic E-state index is 5.98. The van der Waals surface area contributed by atoms with E-state index in [1.165, 1.54) is 0 Å². The molecule has 1 aromatic carbocycles. The lowest BCUT2D eigenvalue weighted by molar-refractivity contribution is 0.348. The number of nitrogens with zero attached hydrogens (tertiary/aromatic N) is 3. The Kier molecular flexibility index (Phi) is 3.43. The van der Waals surface area contributed by atoms with Gasteiger partial charge in [0.15, 0.2) is 0 Å². The smallest absolute Gasteiger partial charge is 0.243 e. The summed E-state index contributed by atoms with van der Waals surface area (Å²) < 4.78 is 5.24. The quantitative estimate of drug-likeness (QED) is 0.786. The Morgan fingerprint density at radius 1 is 1.30 bits per heavy atom. The van der Waals surface area contributed by atoms with Gasteiger partial charge in [-0.05, 0) is 30.7 Å². The van der Waals surface area contributed by atoms with Gasteiger partial charge in [-0.15, -0.1) is 0 Å². The topological polar surface area (TPSA) is 77.8 Å². The molecule has 3 aromatic rings. The molecule has 5 nitrogen and oxygen atoms in total. The van der Waals surface area contributed by atoms with Gasteiger partial charge in [0.05, 0.1) is 11.6 Å². The highest BCUT2D eigenvalue weighted by Gasteiger charge is 2.15. The second-order valence-electron chi connectivity index (χ2n) is 4.76. The van der Waals surface area contributed by atoms with Crippen molar-refractivity contribution >= 4 is 10.9 Å². The van der Waals surface area contributed by atoms with Gasteiger partial charge in [-0.1, -0.05) is 24.6 Å². The summed E-state index contributed by atoms with van der Waals surface area (Å²) in [6, 6.07) is 9.62. The summed E-state index contributed by atoms with van der Waals surface area (Å²) in [6.07, 6.45) is 3.60. The van der Waals surface area contributed by atoms with E-state index in [4.69, 9.17) is 10.3 Å². The summed E-state index contributed by atoms with van der Waals surface area (Å²) in [5.41, 5.74) is 7.83. The van der Waals surface area contributed by atoms with Crippen LogP contribution in [0.1, 0.15) is 31.7 Å². The van der Waals surface area contributed by atoms with Crippen LogP contribution in [0, 0.1) is 0 Å². The lowest BCUT2D eigenvalue weighted by Gasteiger charge is -2.02. The Labute approximate surface area is 116 Å². The zero-order valence-corrected chi connectivity index (χ0v) is 11.3. The predicted molar refractivity (Wildman–Crippen MR) is 76.9 cm³/mol. The van der Waals surface area contributed by atoms with Gasteiger partial charge in [0.2, 0.25) is 11.7 Å². The van der Waals surface area contributed by atoms with Crippen LogP contribution >= 0.6 is 0 Å². The van der Waals surface area contributed by atoms with Crippen LogP contribution in [0.15, 0.2) is 41.1 Å². The molecule has 2 N–H and O–H groups in total. The normalized spacial score (nSPS) is 12.7. The first kappa shape index (κ1) is 12.7. The first-order valence-corrected chi connectivity index (χ1v) is 6.72. The van der Waals surface area contributed by atoms with E-state index in [1.807, 2.05) is 30.3 Å². The first-order chi connectivity index (χ1) is 9.78. The minimum absolute atomic E-state index is 0.191. The van der Waals surface area contributed by atoms with Gasteiger partial charge in [-0.3, -0.25) is 4.98 Å². The number of rotatable bonds is 4. The average Bonchev–Trinajstić information content (AvgIpc) is 2.97. The van der Waals surface area contributed by atoms with Crippen molar-refractivity contribution in [3.63, 3.8) is 0 Å². The summed E-state index contributed by atoms with van der Waals surface area (Å²) in [5, 5.41) is 5.06. The van der Waals surface area contributed by atoms with Gasteiger partial charge in [0.1, 0.15) is 0 Å². The highest BCUT2D eigenvalue weighted by Crippen LogP contribution is 2.23. The second-order valence-corrected chi connectivity index (χ2v) is 4.76. The molecule has 0 amide bonds.